The normalized spacial score (nSPS) is 15.2. The third-order valence-corrected chi connectivity index (χ3v) is 5.03. The van der Waals surface area contributed by atoms with Crippen molar-refractivity contribution in [1.29, 1.82) is 0 Å². The van der Waals surface area contributed by atoms with Crippen molar-refractivity contribution in [3.05, 3.63) is 76.6 Å². The Bertz CT molecular complexity index is 1110. The van der Waals surface area contributed by atoms with Gasteiger partial charge in [0.15, 0.2) is 5.17 Å². The van der Waals surface area contributed by atoms with Crippen LogP contribution in [0, 0.1) is 5.82 Å². The third kappa shape index (κ3) is 4.04. The van der Waals surface area contributed by atoms with Crippen molar-refractivity contribution in [2.75, 3.05) is 6.61 Å². The fraction of sp³-hybridized carbons (Fsp3) is 0.0952. The maximum Gasteiger partial charge on any atom is 0.286 e. The Morgan fingerprint density at radius 2 is 1.96 bits per heavy atom. The zero-order valence-corrected chi connectivity index (χ0v) is 15.6. The molecule has 1 aliphatic heterocycles. The van der Waals surface area contributed by atoms with Crippen LogP contribution in [0.2, 0.25) is 0 Å². The van der Waals surface area contributed by atoms with E-state index < -0.39 is 0 Å². The van der Waals surface area contributed by atoms with Gasteiger partial charge in [-0.25, -0.2) is 4.39 Å². The highest BCUT2D eigenvalue weighted by Gasteiger charge is 2.19. The minimum Gasteiger partial charge on any atom is -0.492 e. The summed E-state index contributed by atoms with van der Waals surface area (Å²) in [5.74, 6) is 0.121. The van der Waals surface area contributed by atoms with Gasteiger partial charge < -0.3 is 10.5 Å². The maximum atomic E-state index is 13.0. The van der Waals surface area contributed by atoms with Gasteiger partial charge in [-0.2, -0.15) is 4.99 Å². The number of pyridine rings is 1. The quantitative estimate of drug-likeness (QED) is 0.665. The number of hydrogen-bond donors (Lipinski definition) is 1. The molecular weight excluding hydrogens is 377 g/mol. The predicted octanol–water partition coefficient (Wildman–Crippen LogP) is 3.92. The van der Waals surface area contributed by atoms with Crippen LogP contribution in [0.1, 0.15) is 11.1 Å². The number of benzene rings is 2. The van der Waals surface area contributed by atoms with E-state index in [1.54, 1.807) is 30.5 Å². The third-order valence-electron chi connectivity index (χ3n) is 4.22. The molecule has 1 amide bonds. The SMILES string of the molecule is NC1=NC(=O)C(=Cc2ccc3nccc(OCCc4ccc(F)cc4)c3c2)S1. The van der Waals surface area contributed by atoms with E-state index in [1.807, 2.05) is 18.2 Å². The van der Waals surface area contributed by atoms with Crippen LogP contribution in [-0.2, 0) is 11.2 Å². The Morgan fingerprint density at radius 1 is 1.14 bits per heavy atom. The van der Waals surface area contributed by atoms with Crippen LogP contribution < -0.4 is 10.5 Å². The summed E-state index contributed by atoms with van der Waals surface area (Å²) < 4.78 is 18.9. The summed E-state index contributed by atoms with van der Waals surface area (Å²) in [6.07, 6.45) is 4.11. The van der Waals surface area contributed by atoms with Crippen LogP contribution in [0.25, 0.3) is 17.0 Å². The molecule has 1 aromatic heterocycles. The average Bonchev–Trinajstić information content (AvgIpc) is 3.00. The molecule has 4 rings (SSSR count). The number of rotatable bonds is 5. The highest BCUT2D eigenvalue weighted by Crippen LogP contribution is 2.29. The monoisotopic (exact) mass is 393 g/mol. The van der Waals surface area contributed by atoms with Crippen LogP contribution in [-0.4, -0.2) is 22.7 Å². The molecule has 5 nitrogen and oxygen atoms in total. The Morgan fingerprint density at radius 3 is 2.71 bits per heavy atom. The minimum absolute atomic E-state index is 0.252. The first kappa shape index (κ1) is 18.2. The van der Waals surface area contributed by atoms with Gasteiger partial charge in [-0.1, -0.05) is 18.2 Å². The lowest BCUT2D eigenvalue weighted by molar-refractivity contribution is -0.113. The zero-order chi connectivity index (χ0) is 19.5. The van der Waals surface area contributed by atoms with Crippen molar-refractivity contribution < 1.29 is 13.9 Å². The van der Waals surface area contributed by atoms with Crippen molar-refractivity contribution in [2.24, 2.45) is 10.7 Å². The molecule has 0 unspecified atom stereocenters. The molecule has 0 aliphatic carbocycles. The number of fused-ring (bicyclic) bond motifs is 1. The first-order valence-electron chi connectivity index (χ1n) is 8.62. The van der Waals surface area contributed by atoms with Crippen molar-refractivity contribution in [1.82, 2.24) is 4.98 Å². The van der Waals surface area contributed by atoms with Crippen molar-refractivity contribution >= 4 is 39.8 Å². The Labute approximate surface area is 165 Å². The summed E-state index contributed by atoms with van der Waals surface area (Å²) in [5.41, 5.74) is 8.23. The lowest BCUT2D eigenvalue weighted by Gasteiger charge is -2.10. The highest BCUT2D eigenvalue weighted by molar-refractivity contribution is 8.18. The van der Waals surface area contributed by atoms with Gasteiger partial charge in [0.1, 0.15) is 11.6 Å². The number of thioether (sulfide) groups is 1. The second kappa shape index (κ2) is 7.82. The Hall–Kier alpha value is -3.19. The van der Waals surface area contributed by atoms with E-state index in [2.05, 4.69) is 9.98 Å². The number of nitrogens with two attached hydrogens (primary N) is 1. The van der Waals surface area contributed by atoms with E-state index in [-0.39, 0.29) is 16.9 Å². The second-order valence-electron chi connectivity index (χ2n) is 6.18. The van der Waals surface area contributed by atoms with Gasteiger partial charge in [-0.05, 0) is 59.3 Å². The fourth-order valence-electron chi connectivity index (χ4n) is 2.86. The van der Waals surface area contributed by atoms with Crippen LogP contribution >= 0.6 is 11.8 Å². The summed E-state index contributed by atoms with van der Waals surface area (Å²) in [6.45, 7) is 0.453. The Kier molecular flexibility index (Phi) is 5.08. The molecule has 0 bridgehead atoms. The number of amides is 1. The number of aliphatic imine (C=N–C) groups is 1. The largest absolute Gasteiger partial charge is 0.492 e. The molecule has 3 aromatic rings. The van der Waals surface area contributed by atoms with Crippen LogP contribution in [0.3, 0.4) is 0 Å². The molecule has 140 valence electrons. The number of carbonyl (C=O) groups excluding carboxylic acids is 1. The molecule has 0 radical (unpaired) electrons. The van der Waals surface area contributed by atoms with Gasteiger partial charge in [0.05, 0.1) is 17.0 Å². The predicted molar refractivity (Wildman–Crippen MR) is 110 cm³/mol. The van der Waals surface area contributed by atoms with Gasteiger partial charge in [-0.15, -0.1) is 0 Å². The van der Waals surface area contributed by atoms with Crippen molar-refractivity contribution in [3.8, 4) is 5.75 Å². The minimum atomic E-state index is -0.329. The molecule has 2 aromatic carbocycles. The molecule has 0 saturated heterocycles. The zero-order valence-electron chi connectivity index (χ0n) is 14.8. The van der Waals surface area contributed by atoms with E-state index in [4.69, 9.17) is 10.5 Å². The number of amidine groups is 1. The summed E-state index contributed by atoms with van der Waals surface area (Å²) in [6, 6.07) is 13.9. The molecular formula is C21H16FN3O2S. The van der Waals surface area contributed by atoms with Crippen LogP contribution in [0.5, 0.6) is 5.75 Å². The van der Waals surface area contributed by atoms with E-state index in [1.165, 1.54) is 12.1 Å². The van der Waals surface area contributed by atoms with Gasteiger partial charge in [0, 0.05) is 18.0 Å². The number of halogens is 1. The van der Waals surface area contributed by atoms with Crippen LogP contribution in [0.15, 0.2) is 64.6 Å². The van der Waals surface area contributed by atoms with Gasteiger partial charge >= 0.3 is 0 Å². The maximum absolute atomic E-state index is 13.0. The van der Waals surface area contributed by atoms with E-state index in [0.29, 0.717) is 23.7 Å². The summed E-state index contributed by atoms with van der Waals surface area (Å²) in [7, 11) is 0. The first-order valence-corrected chi connectivity index (χ1v) is 9.44. The van der Waals surface area contributed by atoms with Gasteiger partial charge in [0.25, 0.3) is 5.91 Å². The first-order chi connectivity index (χ1) is 13.6. The Balaban J connectivity index is 1.54. The molecule has 2 N–H and O–H groups in total. The number of hydrogen-bond acceptors (Lipinski definition) is 5. The van der Waals surface area contributed by atoms with E-state index >= 15 is 0 Å². The molecule has 0 atom stereocenters. The molecule has 1 aliphatic rings. The summed E-state index contributed by atoms with van der Waals surface area (Å²) in [5, 5.41) is 1.10. The van der Waals surface area contributed by atoms with E-state index in [0.717, 1.165) is 33.8 Å². The smallest absolute Gasteiger partial charge is 0.286 e. The average molecular weight is 393 g/mol. The second-order valence-corrected chi connectivity index (χ2v) is 7.24. The molecule has 0 spiro atoms. The van der Waals surface area contributed by atoms with Gasteiger partial charge in [-0.3, -0.25) is 9.78 Å². The van der Waals surface area contributed by atoms with Crippen LogP contribution in [0.4, 0.5) is 4.39 Å². The summed E-state index contributed by atoms with van der Waals surface area (Å²) in [4.78, 5) is 20.4. The van der Waals surface area contributed by atoms with Crippen molar-refractivity contribution in [2.45, 2.75) is 6.42 Å². The number of aromatic nitrogens is 1. The topological polar surface area (TPSA) is 77.6 Å². The number of ether oxygens (including phenoxy) is 1. The van der Waals surface area contributed by atoms with Gasteiger partial charge in [0.2, 0.25) is 0 Å². The summed E-state index contributed by atoms with van der Waals surface area (Å²) >= 11 is 1.16. The molecule has 28 heavy (non-hydrogen) atoms. The fourth-order valence-corrected chi connectivity index (χ4v) is 3.54. The molecule has 0 fully saturated rings. The molecule has 7 heteroatoms. The van der Waals surface area contributed by atoms with E-state index in [9.17, 15) is 9.18 Å². The lowest BCUT2D eigenvalue weighted by Crippen LogP contribution is -2.02. The number of nitrogens with zero attached hydrogens (tertiary/aromatic N) is 2. The highest BCUT2D eigenvalue weighted by atomic mass is 32.2. The molecule has 2 heterocycles. The lowest BCUT2D eigenvalue weighted by atomic mass is 10.1. The standard InChI is InChI=1S/C21H16FN3O2S/c22-15-4-1-13(2-5-15)8-10-27-18-7-9-24-17-6-3-14(11-16(17)18)12-19-20(26)25-21(23)28-19/h1-7,9,11-12H,8,10H2,(H2,23,25,26). The van der Waals surface area contributed by atoms with Crippen molar-refractivity contribution in [3.63, 3.8) is 0 Å². The number of carbonyl (C=O) groups is 1. The molecule has 0 saturated carbocycles.